The van der Waals surface area contributed by atoms with Gasteiger partial charge in [0.1, 0.15) is 5.56 Å². The van der Waals surface area contributed by atoms with Gasteiger partial charge in [0.15, 0.2) is 5.69 Å². The van der Waals surface area contributed by atoms with E-state index in [2.05, 4.69) is 15.2 Å². The van der Waals surface area contributed by atoms with Crippen molar-refractivity contribution in [3.05, 3.63) is 41.7 Å². The second-order valence-corrected chi connectivity index (χ2v) is 5.37. The second kappa shape index (κ2) is 7.56. The minimum absolute atomic E-state index is 0.00958. The van der Waals surface area contributed by atoms with Crippen molar-refractivity contribution < 1.29 is 27.5 Å². The number of amides is 1. The highest BCUT2D eigenvalue weighted by molar-refractivity contribution is 5.94. The van der Waals surface area contributed by atoms with E-state index in [1.807, 2.05) is 0 Å². The number of nitrogens with one attached hydrogen (secondary N) is 1. The highest BCUT2D eigenvalue weighted by Gasteiger charge is 2.41. The van der Waals surface area contributed by atoms with Crippen molar-refractivity contribution >= 4 is 17.6 Å². The van der Waals surface area contributed by atoms with Crippen LogP contribution in [-0.2, 0) is 15.7 Å². The van der Waals surface area contributed by atoms with E-state index in [4.69, 9.17) is 5.73 Å². The van der Waals surface area contributed by atoms with Crippen LogP contribution < -0.4 is 11.1 Å². The smallest absolute Gasteiger partial charge is 0.434 e. The van der Waals surface area contributed by atoms with Gasteiger partial charge in [-0.3, -0.25) is 4.79 Å². The molecule has 0 spiro atoms. The number of anilines is 1. The number of nitrogens with two attached hydrogens (primary N) is 1. The molecule has 1 aromatic carbocycles. The van der Waals surface area contributed by atoms with E-state index in [1.54, 1.807) is 0 Å². The lowest BCUT2D eigenvalue weighted by atomic mass is 10.2. The number of benzene rings is 1. The van der Waals surface area contributed by atoms with Crippen LogP contribution in [0.3, 0.4) is 0 Å². The number of hydrogen-bond acceptors (Lipinski definition) is 5. The van der Waals surface area contributed by atoms with Crippen molar-refractivity contribution in [1.29, 1.82) is 0 Å². The molecule has 1 amide bonds. The molecular weight excluding hydrogens is 353 g/mol. The first-order valence-corrected chi connectivity index (χ1v) is 7.64. The van der Waals surface area contributed by atoms with Gasteiger partial charge in [0.2, 0.25) is 5.91 Å². The third kappa shape index (κ3) is 4.20. The summed E-state index contributed by atoms with van der Waals surface area (Å²) in [5.74, 6) is -1.61. The van der Waals surface area contributed by atoms with Gasteiger partial charge in [-0.25, -0.2) is 9.48 Å². The van der Waals surface area contributed by atoms with Gasteiger partial charge < -0.3 is 15.8 Å². The molecule has 3 N–H and O–H groups in total. The van der Waals surface area contributed by atoms with E-state index in [9.17, 15) is 22.8 Å². The van der Waals surface area contributed by atoms with E-state index in [0.29, 0.717) is 4.68 Å². The number of carbonyl (C=O) groups excluding carboxylic acids is 2. The Labute approximate surface area is 146 Å². The molecule has 0 saturated carbocycles. The molecule has 1 aromatic heterocycles. The van der Waals surface area contributed by atoms with Crippen LogP contribution in [0.4, 0.5) is 18.9 Å². The van der Waals surface area contributed by atoms with Crippen LogP contribution >= 0.6 is 0 Å². The van der Waals surface area contributed by atoms with E-state index in [-0.39, 0.29) is 18.0 Å². The fourth-order valence-electron chi connectivity index (χ4n) is 2.15. The summed E-state index contributed by atoms with van der Waals surface area (Å²) in [6.45, 7) is 2.89. The molecule has 0 aliphatic heterocycles. The van der Waals surface area contributed by atoms with Gasteiger partial charge in [-0.15, -0.1) is 0 Å². The van der Waals surface area contributed by atoms with Gasteiger partial charge in [-0.1, -0.05) is 6.07 Å². The fourth-order valence-corrected chi connectivity index (χ4v) is 2.15. The molecule has 1 atom stereocenters. The van der Waals surface area contributed by atoms with E-state index >= 15 is 0 Å². The lowest BCUT2D eigenvalue weighted by Crippen LogP contribution is -2.32. The Morgan fingerprint density at radius 2 is 2.08 bits per heavy atom. The van der Waals surface area contributed by atoms with E-state index in [1.165, 1.54) is 38.1 Å². The van der Waals surface area contributed by atoms with Gasteiger partial charge in [0.05, 0.1) is 24.5 Å². The van der Waals surface area contributed by atoms with Crippen molar-refractivity contribution in [3.8, 4) is 5.69 Å². The highest BCUT2D eigenvalue weighted by Crippen LogP contribution is 2.34. The zero-order valence-electron chi connectivity index (χ0n) is 14.0. The van der Waals surface area contributed by atoms with Gasteiger partial charge in [-0.05, 0) is 32.0 Å². The van der Waals surface area contributed by atoms with Crippen molar-refractivity contribution in [2.45, 2.75) is 26.1 Å². The molecule has 0 aliphatic carbocycles. The molecule has 2 aromatic rings. The summed E-state index contributed by atoms with van der Waals surface area (Å²) in [7, 11) is 0. The second-order valence-electron chi connectivity index (χ2n) is 5.37. The predicted molar refractivity (Wildman–Crippen MR) is 86.8 cm³/mol. The molecule has 140 valence electrons. The van der Waals surface area contributed by atoms with Gasteiger partial charge in [0.25, 0.3) is 0 Å². The van der Waals surface area contributed by atoms with Crippen molar-refractivity contribution in [3.63, 3.8) is 0 Å². The molecule has 0 aliphatic rings. The number of carbonyl (C=O) groups is 2. The van der Waals surface area contributed by atoms with Crippen LogP contribution in [0.5, 0.6) is 0 Å². The monoisotopic (exact) mass is 370 g/mol. The molecule has 26 heavy (non-hydrogen) atoms. The normalized spacial score (nSPS) is 12.5. The zero-order chi connectivity index (χ0) is 19.5. The van der Waals surface area contributed by atoms with Gasteiger partial charge in [-0.2, -0.15) is 18.3 Å². The Kier molecular flexibility index (Phi) is 5.66. The Balaban J connectivity index is 2.49. The van der Waals surface area contributed by atoms with Crippen LogP contribution in [0.15, 0.2) is 30.5 Å². The van der Waals surface area contributed by atoms with Crippen LogP contribution in [-0.4, -0.2) is 34.3 Å². The lowest BCUT2D eigenvalue weighted by Gasteiger charge is -2.14. The number of rotatable bonds is 5. The first-order valence-electron chi connectivity index (χ1n) is 7.64. The van der Waals surface area contributed by atoms with Crippen molar-refractivity contribution in [2.24, 2.45) is 5.73 Å². The maximum atomic E-state index is 13.5. The number of nitrogens with zero attached hydrogens (tertiary/aromatic N) is 2. The number of halogens is 3. The van der Waals surface area contributed by atoms with Crippen LogP contribution in [0.2, 0.25) is 0 Å². The summed E-state index contributed by atoms with van der Waals surface area (Å²) in [4.78, 5) is 23.4. The average Bonchev–Trinajstić information content (AvgIpc) is 3.00. The van der Waals surface area contributed by atoms with Crippen molar-refractivity contribution in [2.75, 3.05) is 11.9 Å². The fraction of sp³-hybridized carbons (Fsp3) is 0.312. The molecular formula is C16H17F3N4O3. The van der Waals surface area contributed by atoms with Crippen LogP contribution in [0.25, 0.3) is 5.69 Å². The first-order chi connectivity index (χ1) is 12.1. The summed E-state index contributed by atoms with van der Waals surface area (Å²) in [6.07, 6.45) is -4.04. The van der Waals surface area contributed by atoms with Gasteiger partial charge in [0, 0.05) is 5.69 Å². The van der Waals surface area contributed by atoms with Crippen LogP contribution in [0, 0.1) is 0 Å². The third-order valence-electron chi connectivity index (χ3n) is 3.30. The molecule has 7 nitrogen and oxygen atoms in total. The third-order valence-corrected chi connectivity index (χ3v) is 3.30. The SMILES string of the molecule is CCOC(=O)c1cnn(-c2cccc(NC(=O)[C@H](C)N)c2)c1C(F)(F)F. The highest BCUT2D eigenvalue weighted by atomic mass is 19.4. The summed E-state index contributed by atoms with van der Waals surface area (Å²) in [5.41, 5.74) is 3.75. The Hall–Kier alpha value is -2.88. The quantitative estimate of drug-likeness (QED) is 0.787. The summed E-state index contributed by atoms with van der Waals surface area (Å²) in [5, 5.41) is 6.15. The number of hydrogen-bond donors (Lipinski definition) is 2. The predicted octanol–water partition coefficient (Wildman–Crippen LogP) is 2.35. The van der Waals surface area contributed by atoms with Gasteiger partial charge >= 0.3 is 12.1 Å². The first kappa shape index (κ1) is 19.4. The molecule has 0 saturated heterocycles. The zero-order valence-corrected chi connectivity index (χ0v) is 14.0. The van der Waals surface area contributed by atoms with E-state index < -0.39 is 35.4 Å². The lowest BCUT2D eigenvalue weighted by molar-refractivity contribution is -0.143. The number of aromatic nitrogens is 2. The number of alkyl halides is 3. The number of ether oxygens (including phenoxy) is 1. The van der Waals surface area contributed by atoms with E-state index in [0.717, 1.165) is 6.20 Å². The maximum absolute atomic E-state index is 13.5. The molecule has 0 bridgehead atoms. The summed E-state index contributed by atoms with van der Waals surface area (Å²) < 4.78 is 45.7. The standard InChI is InChI=1S/C16H17F3N4O3/c1-3-26-15(25)12-8-21-23(13(12)16(17,18)19)11-6-4-5-10(7-11)22-14(24)9(2)20/h4-9H,3,20H2,1-2H3,(H,22,24)/t9-/m0/s1. The Bertz CT molecular complexity index is 815. The topological polar surface area (TPSA) is 99.2 Å². The molecule has 0 radical (unpaired) electrons. The minimum Gasteiger partial charge on any atom is -0.462 e. The molecule has 0 fully saturated rings. The van der Waals surface area contributed by atoms with Crippen molar-refractivity contribution in [1.82, 2.24) is 9.78 Å². The molecule has 0 unspecified atom stereocenters. The molecule has 2 rings (SSSR count). The molecule has 1 heterocycles. The minimum atomic E-state index is -4.84. The maximum Gasteiger partial charge on any atom is 0.434 e. The largest absolute Gasteiger partial charge is 0.462 e. The molecule has 10 heteroatoms. The Morgan fingerprint density at radius 3 is 2.65 bits per heavy atom. The number of esters is 1. The summed E-state index contributed by atoms with van der Waals surface area (Å²) >= 11 is 0. The average molecular weight is 370 g/mol. The van der Waals surface area contributed by atoms with Crippen LogP contribution in [0.1, 0.15) is 29.9 Å². The summed E-state index contributed by atoms with van der Waals surface area (Å²) in [6, 6.07) is 4.80. The Morgan fingerprint density at radius 1 is 1.38 bits per heavy atom.